The van der Waals surface area contributed by atoms with Gasteiger partial charge in [0.2, 0.25) is 0 Å². The summed E-state index contributed by atoms with van der Waals surface area (Å²) in [6, 6.07) is 0.622. The van der Waals surface area contributed by atoms with Crippen LogP contribution < -0.4 is 5.32 Å². The molecule has 1 aliphatic rings. The van der Waals surface area contributed by atoms with Gasteiger partial charge < -0.3 is 5.32 Å². The Kier molecular flexibility index (Phi) is 3.23. The van der Waals surface area contributed by atoms with Crippen LogP contribution in [-0.4, -0.2) is 22.2 Å². The molecule has 1 N–H and O–H groups in total. The molecule has 1 aliphatic carbocycles. The fourth-order valence-corrected chi connectivity index (χ4v) is 1.83. The molecule has 0 amide bonds. The molecule has 0 bridgehead atoms. The zero-order valence-corrected chi connectivity index (χ0v) is 9.63. The Morgan fingerprint density at radius 3 is 2.69 bits per heavy atom. The Morgan fingerprint density at radius 1 is 1.44 bits per heavy atom. The number of hydrogen-bond acceptors (Lipinski definition) is 2. The number of nitrogens with one attached hydrogen (secondary N) is 1. The first-order valence-electron chi connectivity index (χ1n) is 5.62. The third kappa shape index (κ3) is 2.58. The molecule has 1 aromatic rings. The van der Waals surface area contributed by atoms with Crippen LogP contribution in [0.25, 0.3) is 0 Å². The predicted octanol–water partition coefficient (Wildman–Crippen LogP) is 2.02. The molecule has 1 aromatic heterocycles. The molecular formula is C11H17F2N3. The number of hydrogen-bond donors (Lipinski definition) is 1. The van der Waals surface area contributed by atoms with Gasteiger partial charge >= 0.3 is 0 Å². The van der Waals surface area contributed by atoms with Crippen molar-refractivity contribution in [1.29, 1.82) is 0 Å². The summed E-state index contributed by atoms with van der Waals surface area (Å²) in [5, 5.41) is 7.53. The van der Waals surface area contributed by atoms with Crippen molar-refractivity contribution in [3.63, 3.8) is 0 Å². The fraction of sp³-hybridized carbons (Fsp3) is 0.727. The standard InChI is InChI=1S/C11H17F2N3/c1-7-10(5-14-9-3-4-9)8(2)16(15-7)6-11(12)13/h9,11,14H,3-6H2,1-2H3. The molecule has 0 unspecified atom stereocenters. The zero-order chi connectivity index (χ0) is 11.7. The highest BCUT2D eigenvalue weighted by molar-refractivity contribution is 5.24. The van der Waals surface area contributed by atoms with E-state index in [-0.39, 0.29) is 6.54 Å². The van der Waals surface area contributed by atoms with E-state index in [0.717, 1.165) is 23.5 Å². The largest absolute Gasteiger partial charge is 0.310 e. The van der Waals surface area contributed by atoms with E-state index in [9.17, 15) is 8.78 Å². The average Bonchev–Trinajstić information content (AvgIpc) is 2.96. The maximum absolute atomic E-state index is 12.3. The lowest BCUT2D eigenvalue weighted by Gasteiger charge is -2.05. The van der Waals surface area contributed by atoms with Gasteiger partial charge in [-0.25, -0.2) is 8.78 Å². The molecule has 1 heterocycles. The lowest BCUT2D eigenvalue weighted by Crippen LogP contribution is -2.16. The molecule has 0 aliphatic heterocycles. The smallest absolute Gasteiger partial charge is 0.257 e. The van der Waals surface area contributed by atoms with Crippen molar-refractivity contribution in [2.75, 3.05) is 0 Å². The maximum Gasteiger partial charge on any atom is 0.257 e. The van der Waals surface area contributed by atoms with Crippen LogP contribution in [0.1, 0.15) is 29.8 Å². The van der Waals surface area contributed by atoms with E-state index in [4.69, 9.17) is 0 Å². The van der Waals surface area contributed by atoms with Gasteiger partial charge in [0.05, 0.1) is 5.69 Å². The van der Waals surface area contributed by atoms with Gasteiger partial charge in [0.15, 0.2) is 0 Å². The summed E-state index contributed by atoms with van der Waals surface area (Å²) < 4.78 is 26.0. The van der Waals surface area contributed by atoms with Crippen molar-refractivity contribution in [2.24, 2.45) is 0 Å². The van der Waals surface area contributed by atoms with Gasteiger partial charge in [-0.3, -0.25) is 4.68 Å². The average molecular weight is 229 g/mol. The van der Waals surface area contributed by atoms with Gasteiger partial charge in [-0.1, -0.05) is 0 Å². The normalized spacial score (nSPS) is 16.1. The summed E-state index contributed by atoms with van der Waals surface area (Å²) in [5.41, 5.74) is 2.77. The van der Waals surface area contributed by atoms with Gasteiger partial charge in [0, 0.05) is 23.8 Å². The van der Waals surface area contributed by atoms with Gasteiger partial charge in [-0.15, -0.1) is 0 Å². The van der Waals surface area contributed by atoms with Crippen LogP contribution in [0.15, 0.2) is 0 Å². The lowest BCUT2D eigenvalue weighted by molar-refractivity contribution is 0.121. The Bertz CT molecular complexity index is 370. The molecule has 0 radical (unpaired) electrons. The minimum Gasteiger partial charge on any atom is -0.310 e. The van der Waals surface area contributed by atoms with Gasteiger partial charge in [-0.2, -0.15) is 5.10 Å². The molecular weight excluding hydrogens is 212 g/mol. The molecule has 5 heteroatoms. The van der Waals surface area contributed by atoms with Crippen LogP contribution in [0.2, 0.25) is 0 Å². The SMILES string of the molecule is Cc1nn(CC(F)F)c(C)c1CNC1CC1. The van der Waals surface area contributed by atoms with Crippen LogP contribution in [0, 0.1) is 13.8 Å². The molecule has 0 saturated heterocycles. The monoisotopic (exact) mass is 229 g/mol. The number of aromatic nitrogens is 2. The summed E-state index contributed by atoms with van der Waals surface area (Å²) in [5.74, 6) is 0. The third-order valence-corrected chi connectivity index (χ3v) is 2.99. The predicted molar refractivity (Wildman–Crippen MR) is 57.6 cm³/mol. The fourth-order valence-electron chi connectivity index (χ4n) is 1.83. The zero-order valence-electron chi connectivity index (χ0n) is 9.63. The highest BCUT2D eigenvalue weighted by Crippen LogP contribution is 2.21. The first-order chi connectivity index (χ1) is 7.58. The minimum absolute atomic E-state index is 0.309. The van der Waals surface area contributed by atoms with E-state index in [2.05, 4.69) is 10.4 Å². The summed E-state index contributed by atoms with van der Waals surface area (Å²) in [6.45, 7) is 4.16. The third-order valence-electron chi connectivity index (χ3n) is 2.99. The topological polar surface area (TPSA) is 29.9 Å². The van der Waals surface area contributed by atoms with Gasteiger partial charge in [0.25, 0.3) is 6.43 Å². The Morgan fingerprint density at radius 2 is 2.12 bits per heavy atom. The molecule has 0 aromatic carbocycles. The highest BCUT2D eigenvalue weighted by Gasteiger charge is 2.22. The highest BCUT2D eigenvalue weighted by atomic mass is 19.3. The quantitative estimate of drug-likeness (QED) is 0.837. The lowest BCUT2D eigenvalue weighted by atomic mass is 10.2. The van der Waals surface area contributed by atoms with Crippen molar-refractivity contribution < 1.29 is 8.78 Å². The van der Waals surface area contributed by atoms with Crippen LogP contribution in [-0.2, 0) is 13.1 Å². The second kappa shape index (κ2) is 4.49. The van der Waals surface area contributed by atoms with E-state index >= 15 is 0 Å². The summed E-state index contributed by atoms with van der Waals surface area (Å²) >= 11 is 0. The molecule has 1 saturated carbocycles. The van der Waals surface area contributed by atoms with E-state index in [0.29, 0.717) is 6.04 Å². The molecule has 2 rings (SSSR count). The molecule has 0 atom stereocenters. The summed E-state index contributed by atoms with van der Waals surface area (Å²) in [4.78, 5) is 0. The first-order valence-corrected chi connectivity index (χ1v) is 5.62. The Hall–Kier alpha value is -0.970. The number of aryl methyl sites for hydroxylation is 1. The summed E-state index contributed by atoms with van der Waals surface area (Å²) in [7, 11) is 0. The molecule has 3 nitrogen and oxygen atoms in total. The Balaban J connectivity index is 2.06. The number of alkyl halides is 2. The van der Waals surface area contributed by atoms with Gasteiger partial charge in [-0.05, 0) is 26.7 Å². The second-order valence-corrected chi connectivity index (χ2v) is 4.38. The van der Waals surface area contributed by atoms with Crippen molar-refractivity contribution in [2.45, 2.75) is 52.2 Å². The minimum atomic E-state index is -2.35. The van der Waals surface area contributed by atoms with Crippen LogP contribution in [0.4, 0.5) is 8.78 Å². The van der Waals surface area contributed by atoms with Crippen molar-refractivity contribution in [1.82, 2.24) is 15.1 Å². The molecule has 90 valence electrons. The first kappa shape index (κ1) is 11.5. The summed E-state index contributed by atoms with van der Waals surface area (Å²) in [6.07, 6.45) is 0.106. The second-order valence-electron chi connectivity index (χ2n) is 4.38. The maximum atomic E-state index is 12.3. The van der Waals surface area contributed by atoms with Crippen LogP contribution in [0.3, 0.4) is 0 Å². The van der Waals surface area contributed by atoms with E-state index < -0.39 is 6.43 Å². The molecule has 16 heavy (non-hydrogen) atoms. The number of rotatable bonds is 5. The van der Waals surface area contributed by atoms with E-state index in [1.54, 1.807) is 0 Å². The number of nitrogens with zero attached hydrogens (tertiary/aromatic N) is 2. The molecule has 0 spiro atoms. The van der Waals surface area contributed by atoms with Crippen LogP contribution in [0.5, 0.6) is 0 Å². The van der Waals surface area contributed by atoms with Gasteiger partial charge in [0.1, 0.15) is 6.54 Å². The van der Waals surface area contributed by atoms with Crippen molar-refractivity contribution in [3.8, 4) is 0 Å². The Labute approximate surface area is 93.8 Å². The van der Waals surface area contributed by atoms with E-state index in [1.165, 1.54) is 17.5 Å². The number of halogens is 2. The van der Waals surface area contributed by atoms with Crippen molar-refractivity contribution >= 4 is 0 Å². The van der Waals surface area contributed by atoms with Crippen LogP contribution >= 0.6 is 0 Å². The van der Waals surface area contributed by atoms with Crippen molar-refractivity contribution in [3.05, 3.63) is 17.0 Å². The van der Waals surface area contributed by atoms with E-state index in [1.807, 2.05) is 13.8 Å². The molecule has 1 fully saturated rings.